The SMILES string of the molecule is C=CC(C)NC1CCC(SCC)C1. The molecule has 0 aromatic heterocycles. The van der Waals surface area contributed by atoms with Gasteiger partial charge in [0.25, 0.3) is 0 Å². The van der Waals surface area contributed by atoms with E-state index in [0.29, 0.717) is 6.04 Å². The van der Waals surface area contributed by atoms with E-state index in [2.05, 4.69) is 37.5 Å². The van der Waals surface area contributed by atoms with E-state index in [0.717, 1.165) is 11.3 Å². The molecule has 0 aliphatic heterocycles. The number of hydrogen-bond donors (Lipinski definition) is 1. The van der Waals surface area contributed by atoms with Gasteiger partial charge in [-0.15, -0.1) is 6.58 Å². The van der Waals surface area contributed by atoms with E-state index in [9.17, 15) is 0 Å². The summed E-state index contributed by atoms with van der Waals surface area (Å²) in [5.74, 6) is 1.26. The zero-order chi connectivity index (χ0) is 9.68. The van der Waals surface area contributed by atoms with Crippen molar-refractivity contribution in [2.24, 2.45) is 0 Å². The maximum Gasteiger partial charge on any atom is 0.0221 e. The summed E-state index contributed by atoms with van der Waals surface area (Å²) < 4.78 is 0. The fourth-order valence-electron chi connectivity index (χ4n) is 1.92. The Morgan fingerprint density at radius 3 is 3.00 bits per heavy atom. The van der Waals surface area contributed by atoms with E-state index in [1.54, 1.807) is 0 Å². The molecule has 0 heterocycles. The quantitative estimate of drug-likeness (QED) is 0.683. The van der Waals surface area contributed by atoms with Crippen LogP contribution in [0.4, 0.5) is 0 Å². The fourth-order valence-corrected chi connectivity index (χ4v) is 3.06. The molecule has 3 atom stereocenters. The van der Waals surface area contributed by atoms with Crippen molar-refractivity contribution in [3.63, 3.8) is 0 Å². The first-order valence-electron chi connectivity index (χ1n) is 5.26. The van der Waals surface area contributed by atoms with Crippen LogP contribution >= 0.6 is 11.8 Å². The van der Waals surface area contributed by atoms with Gasteiger partial charge in [0.2, 0.25) is 0 Å². The van der Waals surface area contributed by atoms with Crippen molar-refractivity contribution in [3.05, 3.63) is 12.7 Å². The van der Waals surface area contributed by atoms with Crippen LogP contribution in [0.1, 0.15) is 33.1 Å². The molecule has 1 saturated carbocycles. The predicted molar refractivity (Wildman–Crippen MR) is 62.4 cm³/mol. The van der Waals surface area contributed by atoms with Crippen molar-refractivity contribution < 1.29 is 0 Å². The highest BCUT2D eigenvalue weighted by Gasteiger charge is 2.24. The molecule has 1 rings (SSSR count). The third-order valence-corrected chi connectivity index (χ3v) is 3.87. The highest BCUT2D eigenvalue weighted by molar-refractivity contribution is 7.99. The number of hydrogen-bond acceptors (Lipinski definition) is 2. The molecule has 0 aromatic rings. The Labute approximate surface area is 86.4 Å². The lowest BCUT2D eigenvalue weighted by molar-refractivity contribution is 0.496. The first-order chi connectivity index (χ1) is 6.26. The smallest absolute Gasteiger partial charge is 0.0221 e. The van der Waals surface area contributed by atoms with Crippen LogP contribution in [0.25, 0.3) is 0 Å². The van der Waals surface area contributed by atoms with Crippen LogP contribution in [-0.4, -0.2) is 23.1 Å². The molecule has 0 saturated heterocycles. The first-order valence-corrected chi connectivity index (χ1v) is 6.31. The Hall–Kier alpha value is 0.0500. The third kappa shape index (κ3) is 3.74. The minimum atomic E-state index is 0.468. The van der Waals surface area contributed by atoms with Gasteiger partial charge in [-0.3, -0.25) is 0 Å². The number of nitrogens with one attached hydrogen (secondary N) is 1. The van der Waals surface area contributed by atoms with Crippen molar-refractivity contribution in [1.29, 1.82) is 0 Å². The molecule has 1 aliphatic carbocycles. The molecular weight excluding hydrogens is 178 g/mol. The van der Waals surface area contributed by atoms with E-state index in [4.69, 9.17) is 0 Å². The van der Waals surface area contributed by atoms with Gasteiger partial charge in [0, 0.05) is 17.3 Å². The van der Waals surface area contributed by atoms with Crippen LogP contribution in [0.3, 0.4) is 0 Å². The fraction of sp³-hybridized carbons (Fsp3) is 0.818. The second-order valence-electron chi connectivity index (χ2n) is 3.78. The van der Waals surface area contributed by atoms with E-state index < -0.39 is 0 Å². The zero-order valence-electron chi connectivity index (χ0n) is 8.75. The molecule has 0 bridgehead atoms. The van der Waals surface area contributed by atoms with Gasteiger partial charge in [-0.2, -0.15) is 11.8 Å². The van der Waals surface area contributed by atoms with Crippen molar-refractivity contribution in [1.82, 2.24) is 5.32 Å². The van der Waals surface area contributed by atoms with Gasteiger partial charge in [-0.1, -0.05) is 13.0 Å². The van der Waals surface area contributed by atoms with Crippen LogP contribution in [0.2, 0.25) is 0 Å². The maximum atomic E-state index is 3.79. The van der Waals surface area contributed by atoms with Crippen molar-refractivity contribution in [3.8, 4) is 0 Å². The van der Waals surface area contributed by atoms with Crippen molar-refractivity contribution in [2.45, 2.75) is 50.4 Å². The topological polar surface area (TPSA) is 12.0 Å². The predicted octanol–water partition coefficient (Wildman–Crippen LogP) is 2.82. The summed E-state index contributed by atoms with van der Waals surface area (Å²) in [4.78, 5) is 0. The summed E-state index contributed by atoms with van der Waals surface area (Å²) >= 11 is 2.11. The molecule has 1 nitrogen and oxygen atoms in total. The summed E-state index contributed by atoms with van der Waals surface area (Å²) in [7, 11) is 0. The Kier molecular flexibility index (Phi) is 4.89. The van der Waals surface area contributed by atoms with E-state index in [1.807, 2.05) is 6.08 Å². The lowest BCUT2D eigenvalue weighted by Gasteiger charge is -2.16. The van der Waals surface area contributed by atoms with Gasteiger partial charge >= 0.3 is 0 Å². The standard InChI is InChI=1S/C11H21NS/c1-4-9(3)12-10-6-7-11(8-10)13-5-2/h4,9-12H,1,5-8H2,2-3H3. The molecular formula is C11H21NS. The Balaban J connectivity index is 2.20. The molecule has 0 radical (unpaired) electrons. The minimum absolute atomic E-state index is 0.468. The molecule has 0 spiro atoms. The van der Waals surface area contributed by atoms with Gasteiger partial charge in [0.15, 0.2) is 0 Å². The average Bonchev–Trinajstić information content (AvgIpc) is 2.53. The molecule has 0 amide bonds. The van der Waals surface area contributed by atoms with Crippen LogP contribution in [-0.2, 0) is 0 Å². The van der Waals surface area contributed by atoms with E-state index in [1.165, 1.54) is 25.0 Å². The highest BCUT2D eigenvalue weighted by atomic mass is 32.2. The summed E-state index contributed by atoms with van der Waals surface area (Å²) in [5, 5.41) is 4.49. The summed E-state index contributed by atoms with van der Waals surface area (Å²) in [6.45, 7) is 8.21. The lowest BCUT2D eigenvalue weighted by atomic mass is 10.2. The van der Waals surface area contributed by atoms with Crippen LogP contribution < -0.4 is 5.32 Å². The monoisotopic (exact) mass is 199 g/mol. The molecule has 2 heteroatoms. The molecule has 1 fully saturated rings. The Bertz CT molecular complexity index is 158. The third-order valence-electron chi connectivity index (χ3n) is 2.64. The van der Waals surface area contributed by atoms with Crippen LogP contribution in [0.5, 0.6) is 0 Å². The van der Waals surface area contributed by atoms with Gasteiger partial charge in [-0.05, 0) is 31.9 Å². The normalized spacial score (nSPS) is 30.3. The number of thioether (sulfide) groups is 1. The number of rotatable bonds is 5. The Morgan fingerprint density at radius 2 is 2.38 bits per heavy atom. The maximum absolute atomic E-state index is 3.79. The molecule has 1 N–H and O–H groups in total. The van der Waals surface area contributed by atoms with Gasteiger partial charge < -0.3 is 5.32 Å². The van der Waals surface area contributed by atoms with Gasteiger partial charge in [0.1, 0.15) is 0 Å². The van der Waals surface area contributed by atoms with Gasteiger partial charge in [-0.25, -0.2) is 0 Å². The van der Waals surface area contributed by atoms with Gasteiger partial charge in [0.05, 0.1) is 0 Å². The highest BCUT2D eigenvalue weighted by Crippen LogP contribution is 2.29. The summed E-state index contributed by atoms with van der Waals surface area (Å²) in [6, 6.07) is 1.20. The van der Waals surface area contributed by atoms with E-state index in [-0.39, 0.29) is 0 Å². The van der Waals surface area contributed by atoms with Crippen LogP contribution in [0.15, 0.2) is 12.7 Å². The zero-order valence-corrected chi connectivity index (χ0v) is 9.57. The molecule has 76 valence electrons. The summed E-state index contributed by atoms with van der Waals surface area (Å²) in [6.07, 6.45) is 6.06. The van der Waals surface area contributed by atoms with E-state index >= 15 is 0 Å². The molecule has 13 heavy (non-hydrogen) atoms. The molecule has 3 unspecified atom stereocenters. The first kappa shape index (κ1) is 11.1. The Morgan fingerprint density at radius 1 is 1.62 bits per heavy atom. The second kappa shape index (κ2) is 5.71. The molecule has 1 aliphatic rings. The minimum Gasteiger partial charge on any atom is -0.308 e. The second-order valence-corrected chi connectivity index (χ2v) is 5.36. The van der Waals surface area contributed by atoms with Crippen molar-refractivity contribution >= 4 is 11.8 Å². The molecule has 0 aromatic carbocycles. The largest absolute Gasteiger partial charge is 0.308 e. The average molecular weight is 199 g/mol. The van der Waals surface area contributed by atoms with Crippen LogP contribution in [0, 0.1) is 0 Å². The lowest BCUT2D eigenvalue weighted by Crippen LogP contribution is -2.33. The summed E-state index contributed by atoms with van der Waals surface area (Å²) in [5.41, 5.74) is 0. The van der Waals surface area contributed by atoms with Crippen molar-refractivity contribution in [2.75, 3.05) is 5.75 Å².